The Morgan fingerprint density at radius 3 is 2.91 bits per heavy atom. The number of hydrogen-bond donors (Lipinski definition) is 2. The van der Waals surface area contributed by atoms with Crippen LogP contribution >= 0.6 is 12.2 Å². The van der Waals surface area contributed by atoms with Crippen LogP contribution in [0.1, 0.15) is 6.42 Å². The predicted molar refractivity (Wildman–Crippen MR) is 46.0 cm³/mol. The number of rotatable bonds is 1. The van der Waals surface area contributed by atoms with E-state index < -0.39 is 0 Å². The van der Waals surface area contributed by atoms with Crippen molar-refractivity contribution in [3.63, 3.8) is 0 Å². The molecule has 0 aromatic heterocycles. The molecule has 1 rings (SSSR count). The average molecular weight is 173 g/mol. The lowest BCUT2D eigenvalue weighted by Gasteiger charge is -2.11. The Morgan fingerprint density at radius 2 is 2.55 bits per heavy atom. The van der Waals surface area contributed by atoms with Gasteiger partial charge in [0.05, 0.1) is 0 Å². The Hall–Kier alpha value is -0.840. The molecule has 1 aliphatic heterocycles. The largest absolute Gasteiger partial charge is 0.376 e. The minimum atomic E-state index is -0.197. The van der Waals surface area contributed by atoms with Gasteiger partial charge >= 0.3 is 0 Å². The molecule has 1 unspecified atom stereocenters. The Labute approximate surface area is 70.7 Å². The number of nitrogens with two attached hydrogens (primary N) is 1. The van der Waals surface area contributed by atoms with Crippen molar-refractivity contribution in [2.45, 2.75) is 12.5 Å². The number of amides is 1. The third kappa shape index (κ3) is 1.80. The topological polar surface area (TPSA) is 58.4 Å². The van der Waals surface area contributed by atoms with Crippen LogP contribution in [0.5, 0.6) is 0 Å². The lowest BCUT2D eigenvalue weighted by molar-refractivity contribution is -0.127. The molecule has 3 N–H and O–H groups in total. The van der Waals surface area contributed by atoms with E-state index in [2.05, 4.69) is 17.5 Å². The highest BCUT2D eigenvalue weighted by Crippen LogP contribution is 2.07. The SMILES string of the molecule is CN1CCC(NC(N)=S)C1=O. The molecule has 0 bridgehead atoms. The second-order valence-electron chi connectivity index (χ2n) is 2.61. The van der Waals surface area contributed by atoms with Gasteiger partial charge in [-0.15, -0.1) is 0 Å². The third-order valence-corrected chi connectivity index (χ3v) is 1.86. The van der Waals surface area contributed by atoms with Crippen LogP contribution in [0.15, 0.2) is 0 Å². The molecule has 11 heavy (non-hydrogen) atoms. The van der Waals surface area contributed by atoms with Gasteiger partial charge in [-0.2, -0.15) is 0 Å². The molecule has 0 aliphatic carbocycles. The molecule has 62 valence electrons. The minimum Gasteiger partial charge on any atom is -0.376 e. The molecule has 0 radical (unpaired) electrons. The lowest BCUT2D eigenvalue weighted by Crippen LogP contribution is -2.43. The van der Waals surface area contributed by atoms with Crippen molar-refractivity contribution in [1.82, 2.24) is 10.2 Å². The van der Waals surface area contributed by atoms with Crippen LogP contribution in [0.4, 0.5) is 0 Å². The smallest absolute Gasteiger partial charge is 0.244 e. The molecular weight excluding hydrogens is 162 g/mol. The lowest BCUT2D eigenvalue weighted by atomic mass is 10.2. The summed E-state index contributed by atoms with van der Waals surface area (Å²) in [4.78, 5) is 12.9. The van der Waals surface area contributed by atoms with Gasteiger partial charge in [0.2, 0.25) is 5.91 Å². The van der Waals surface area contributed by atoms with E-state index in [9.17, 15) is 4.79 Å². The fraction of sp³-hybridized carbons (Fsp3) is 0.667. The highest BCUT2D eigenvalue weighted by molar-refractivity contribution is 7.80. The number of thiocarbonyl (C=S) groups is 1. The monoisotopic (exact) mass is 173 g/mol. The van der Waals surface area contributed by atoms with E-state index in [0.717, 1.165) is 13.0 Å². The zero-order valence-corrected chi connectivity index (χ0v) is 7.15. The number of likely N-dealkylation sites (N-methyl/N-ethyl adjacent to an activating group) is 1. The van der Waals surface area contributed by atoms with E-state index in [1.807, 2.05) is 0 Å². The van der Waals surface area contributed by atoms with Gasteiger partial charge in [0.25, 0.3) is 0 Å². The first kappa shape index (κ1) is 8.26. The fourth-order valence-electron chi connectivity index (χ4n) is 1.13. The summed E-state index contributed by atoms with van der Waals surface area (Å²) >= 11 is 4.62. The van der Waals surface area contributed by atoms with Crippen molar-refractivity contribution in [1.29, 1.82) is 0 Å². The van der Waals surface area contributed by atoms with Crippen LogP contribution in [0.25, 0.3) is 0 Å². The molecule has 0 spiro atoms. The second kappa shape index (κ2) is 3.04. The van der Waals surface area contributed by atoms with Crippen molar-refractivity contribution in [2.24, 2.45) is 5.73 Å². The standard InChI is InChI=1S/C6H11N3OS/c1-9-3-2-4(5(9)10)8-6(7)11/h4H,2-3H2,1H3,(H3,7,8,11). The molecule has 1 atom stereocenters. The highest BCUT2D eigenvalue weighted by atomic mass is 32.1. The van der Waals surface area contributed by atoms with Gasteiger partial charge < -0.3 is 16.0 Å². The van der Waals surface area contributed by atoms with Crippen LogP contribution in [-0.2, 0) is 4.79 Å². The molecule has 1 aliphatic rings. The van der Waals surface area contributed by atoms with Gasteiger partial charge in [-0.1, -0.05) is 0 Å². The fourth-order valence-corrected chi connectivity index (χ4v) is 1.27. The molecule has 1 heterocycles. The number of hydrogen-bond acceptors (Lipinski definition) is 2. The van der Waals surface area contributed by atoms with Crippen molar-refractivity contribution in [3.8, 4) is 0 Å². The molecule has 0 aromatic carbocycles. The Bertz CT molecular complexity index is 194. The summed E-state index contributed by atoms with van der Waals surface area (Å²) in [7, 11) is 1.77. The normalized spacial score (nSPS) is 23.9. The minimum absolute atomic E-state index is 0.0674. The summed E-state index contributed by atoms with van der Waals surface area (Å²) in [6.07, 6.45) is 0.784. The first-order valence-electron chi connectivity index (χ1n) is 3.42. The summed E-state index contributed by atoms with van der Waals surface area (Å²) in [5, 5.41) is 2.93. The van der Waals surface area contributed by atoms with Gasteiger partial charge in [-0.25, -0.2) is 0 Å². The molecule has 1 amide bonds. The van der Waals surface area contributed by atoms with E-state index in [4.69, 9.17) is 5.73 Å². The van der Waals surface area contributed by atoms with Gasteiger partial charge in [0.1, 0.15) is 6.04 Å². The number of nitrogens with zero attached hydrogens (tertiary/aromatic N) is 1. The summed E-state index contributed by atoms with van der Waals surface area (Å²) in [6, 6.07) is -0.197. The summed E-state index contributed by atoms with van der Waals surface area (Å²) in [6.45, 7) is 0.777. The average Bonchev–Trinajstić information content (AvgIpc) is 2.18. The number of nitrogens with one attached hydrogen (secondary N) is 1. The molecule has 0 aromatic rings. The van der Waals surface area contributed by atoms with E-state index in [1.165, 1.54) is 0 Å². The van der Waals surface area contributed by atoms with Crippen LogP contribution in [0, 0.1) is 0 Å². The van der Waals surface area contributed by atoms with Gasteiger partial charge in [-0.05, 0) is 18.6 Å². The molecule has 1 fully saturated rings. The molecule has 5 heteroatoms. The van der Waals surface area contributed by atoms with Crippen molar-refractivity contribution in [3.05, 3.63) is 0 Å². The van der Waals surface area contributed by atoms with E-state index in [0.29, 0.717) is 0 Å². The molecule has 1 saturated heterocycles. The van der Waals surface area contributed by atoms with Gasteiger partial charge in [-0.3, -0.25) is 4.79 Å². The Kier molecular flexibility index (Phi) is 2.28. The molecule has 0 saturated carbocycles. The zero-order chi connectivity index (χ0) is 8.43. The molecule has 4 nitrogen and oxygen atoms in total. The first-order chi connectivity index (χ1) is 5.11. The predicted octanol–water partition coefficient (Wildman–Crippen LogP) is -0.950. The summed E-state index contributed by atoms with van der Waals surface area (Å²) in [5.74, 6) is 0.0674. The van der Waals surface area contributed by atoms with Crippen LogP contribution in [0.2, 0.25) is 0 Å². The van der Waals surface area contributed by atoms with Crippen molar-refractivity contribution < 1.29 is 4.79 Å². The van der Waals surface area contributed by atoms with E-state index in [-0.39, 0.29) is 17.1 Å². The van der Waals surface area contributed by atoms with Crippen LogP contribution < -0.4 is 11.1 Å². The Morgan fingerprint density at radius 1 is 1.91 bits per heavy atom. The summed E-state index contributed by atoms with van der Waals surface area (Å²) in [5.41, 5.74) is 5.23. The molecular formula is C6H11N3OS. The van der Waals surface area contributed by atoms with Gasteiger partial charge in [0.15, 0.2) is 5.11 Å². The first-order valence-corrected chi connectivity index (χ1v) is 3.83. The quantitative estimate of drug-likeness (QED) is 0.502. The van der Waals surface area contributed by atoms with Crippen LogP contribution in [-0.4, -0.2) is 35.6 Å². The Balaban J connectivity index is 2.49. The number of likely N-dealkylation sites (tertiary alicyclic amines) is 1. The van der Waals surface area contributed by atoms with Crippen LogP contribution in [0.3, 0.4) is 0 Å². The summed E-state index contributed by atoms with van der Waals surface area (Å²) < 4.78 is 0. The van der Waals surface area contributed by atoms with Gasteiger partial charge in [0, 0.05) is 13.6 Å². The zero-order valence-electron chi connectivity index (χ0n) is 6.33. The highest BCUT2D eigenvalue weighted by Gasteiger charge is 2.28. The maximum absolute atomic E-state index is 11.2. The maximum atomic E-state index is 11.2. The maximum Gasteiger partial charge on any atom is 0.244 e. The van der Waals surface area contributed by atoms with E-state index >= 15 is 0 Å². The van der Waals surface area contributed by atoms with E-state index in [1.54, 1.807) is 11.9 Å². The van der Waals surface area contributed by atoms with Crippen molar-refractivity contribution >= 4 is 23.2 Å². The number of carbonyl (C=O) groups excluding carboxylic acids is 1. The van der Waals surface area contributed by atoms with Crippen molar-refractivity contribution in [2.75, 3.05) is 13.6 Å². The number of carbonyl (C=O) groups is 1. The third-order valence-electron chi connectivity index (χ3n) is 1.74. The second-order valence-corrected chi connectivity index (χ2v) is 3.05.